The maximum absolute atomic E-state index is 12.6. The topological polar surface area (TPSA) is 91.9 Å². The van der Waals surface area contributed by atoms with Crippen LogP contribution < -0.4 is 10.2 Å². The van der Waals surface area contributed by atoms with Gasteiger partial charge in [-0.25, -0.2) is 4.79 Å². The summed E-state index contributed by atoms with van der Waals surface area (Å²) in [5.41, 5.74) is 0.784. The third-order valence-electron chi connectivity index (χ3n) is 4.44. The van der Waals surface area contributed by atoms with E-state index in [-0.39, 0.29) is 35.5 Å². The fraction of sp³-hybridized carbons (Fsp3) is 0.350. The minimum atomic E-state index is -0.372. The first-order chi connectivity index (χ1) is 13.6. The quantitative estimate of drug-likeness (QED) is 0.848. The molecule has 28 heavy (non-hydrogen) atoms. The van der Waals surface area contributed by atoms with Gasteiger partial charge in [0, 0.05) is 38.4 Å². The number of hydrogen-bond donors (Lipinski definition) is 1. The van der Waals surface area contributed by atoms with Crippen molar-refractivity contribution in [2.45, 2.75) is 13.5 Å². The second-order valence-corrected chi connectivity index (χ2v) is 6.33. The van der Waals surface area contributed by atoms with Gasteiger partial charge in [-0.05, 0) is 12.5 Å². The van der Waals surface area contributed by atoms with Crippen LogP contribution in [0.2, 0.25) is 0 Å². The lowest BCUT2D eigenvalue weighted by atomic mass is 10.2. The van der Waals surface area contributed by atoms with E-state index in [0.717, 1.165) is 5.56 Å². The molecule has 8 heteroatoms. The molecule has 1 aromatic heterocycles. The first-order valence-corrected chi connectivity index (χ1v) is 9.19. The van der Waals surface area contributed by atoms with E-state index in [4.69, 9.17) is 9.47 Å². The molecule has 0 unspecified atom stereocenters. The van der Waals surface area contributed by atoms with Crippen LogP contribution in [0, 0.1) is 0 Å². The number of nitrogens with one attached hydrogen (secondary N) is 1. The lowest BCUT2D eigenvalue weighted by Crippen LogP contribution is -2.51. The molecule has 0 saturated carbocycles. The maximum atomic E-state index is 12.6. The lowest BCUT2D eigenvalue weighted by Gasteiger charge is -2.33. The molecular formula is C20H23N3O5. The number of aromatic nitrogens is 1. The van der Waals surface area contributed by atoms with Crippen LogP contribution in [0.25, 0.3) is 0 Å². The molecule has 0 aliphatic carbocycles. The van der Waals surface area contributed by atoms with Crippen molar-refractivity contribution >= 4 is 12.0 Å². The molecule has 1 N–H and O–H groups in total. The molecule has 1 aromatic carbocycles. The van der Waals surface area contributed by atoms with Gasteiger partial charge in [-0.1, -0.05) is 30.3 Å². The van der Waals surface area contributed by atoms with Crippen LogP contribution in [-0.4, -0.2) is 59.6 Å². The maximum Gasteiger partial charge on any atom is 0.409 e. The molecule has 1 aliphatic rings. The normalized spacial score (nSPS) is 13.9. The van der Waals surface area contributed by atoms with Crippen LogP contribution in [0.15, 0.2) is 47.4 Å². The molecule has 3 rings (SSSR count). The number of benzene rings is 1. The largest absolute Gasteiger partial charge is 0.483 e. The van der Waals surface area contributed by atoms with E-state index in [1.165, 1.54) is 12.3 Å². The van der Waals surface area contributed by atoms with Gasteiger partial charge in [0.05, 0.1) is 6.61 Å². The van der Waals surface area contributed by atoms with Crippen molar-refractivity contribution in [3.63, 3.8) is 0 Å². The van der Waals surface area contributed by atoms with Crippen molar-refractivity contribution in [3.8, 4) is 5.75 Å². The highest BCUT2D eigenvalue weighted by Crippen LogP contribution is 2.10. The van der Waals surface area contributed by atoms with E-state index in [9.17, 15) is 14.4 Å². The van der Waals surface area contributed by atoms with Gasteiger partial charge >= 0.3 is 6.09 Å². The number of ether oxygens (including phenoxy) is 2. The summed E-state index contributed by atoms with van der Waals surface area (Å²) in [6, 6.07) is 10.8. The number of pyridine rings is 1. The first-order valence-electron chi connectivity index (χ1n) is 9.19. The van der Waals surface area contributed by atoms with Gasteiger partial charge < -0.3 is 24.3 Å². The molecule has 1 fully saturated rings. The third-order valence-corrected chi connectivity index (χ3v) is 4.44. The monoisotopic (exact) mass is 385 g/mol. The Morgan fingerprint density at radius 2 is 1.75 bits per heavy atom. The number of carbonyl (C=O) groups excluding carboxylic acids is 2. The van der Waals surface area contributed by atoms with E-state index in [2.05, 4.69) is 4.98 Å². The number of rotatable bonds is 5. The van der Waals surface area contributed by atoms with Crippen LogP contribution in [-0.2, 0) is 11.3 Å². The first kappa shape index (κ1) is 19.5. The van der Waals surface area contributed by atoms with E-state index in [1.54, 1.807) is 16.7 Å². The number of aromatic amines is 1. The Bertz CT molecular complexity index is 873. The molecule has 1 saturated heterocycles. The zero-order chi connectivity index (χ0) is 19.9. The third kappa shape index (κ3) is 4.70. The second-order valence-electron chi connectivity index (χ2n) is 6.33. The summed E-state index contributed by atoms with van der Waals surface area (Å²) in [5.74, 6) is -0.122. The fourth-order valence-electron chi connectivity index (χ4n) is 2.91. The van der Waals surface area contributed by atoms with Gasteiger partial charge in [-0.3, -0.25) is 9.59 Å². The van der Waals surface area contributed by atoms with Gasteiger partial charge in [0.25, 0.3) is 5.91 Å². The fourth-order valence-corrected chi connectivity index (χ4v) is 2.91. The number of H-pyrrole nitrogens is 1. The van der Waals surface area contributed by atoms with Crippen LogP contribution in [0.1, 0.15) is 23.0 Å². The molecule has 148 valence electrons. The summed E-state index contributed by atoms with van der Waals surface area (Å²) in [6.07, 6.45) is 1.04. The molecule has 2 heterocycles. The Labute approximate surface area is 162 Å². The zero-order valence-corrected chi connectivity index (χ0v) is 15.7. The van der Waals surface area contributed by atoms with E-state index >= 15 is 0 Å². The second kappa shape index (κ2) is 9.07. The van der Waals surface area contributed by atoms with Crippen molar-refractivity contribution in [2.75, 3.05) is 32.8 Å². The van der Waals surface area contributed by atoms with Crippen LogP contribution in [0.5, 0.6) is 5.75 Å². The number of carbonyl (C=O) groups is 2. The van der Waals surface area contributed by atoms with Gasteiger partial charge in [-0.15, -0.1) is 0 Å². The molecule has 0 spiro atoms. The van der Waals surface area contributed by atoms with Crippen LogP contribution in [0.4, 0.5) is 4.79 Å². The van der Waals surface area contributed by atoms with Gasteiger partial charge in [0.1, 0.15) is 12.3 Å². The summed E-state index contributed by atoms with van der Waals surface area (Å²) in [4.78, 5) is 42.6. The highest BCUT2D eigenvalue weighted by Gasteiger charge is 2.26. The number of piperazine rings is 1. The summed E-state index contributed by atoms with van der Waals surface area (Å²) in [5, 5.41) is 0. The molecule has 1 aliphatic heterocycles. The lowest BCUT2D eigenvalue weighted by molar-refractivity contribution is 0.0565. The Balaban J connectivity index is 1.58. The molecule has 0 radical (unpaired) electrons. The van der Waals surface area contributed by atoms with Crippen molar-refractivity contribution in [1.29, 1.82) is 0 Å². The van der Waals surface area contributed by atoms with Crippen molar-refractivity contribution < 1.29 is 19.1 Å². The minimum Gasteiger partial charge on any atom is -0.483 e. The molecular weight excluding hydrogens is 362 g/mol. The Hall–Kier alpha value is -3.29. The zero-order valence-electron chi connectivity index (χ0n) is 15.7. The molecule has 0 bridgehead atoms. The Kier molecular flexibility index (Phi) is 6.31. The van der Waals surface area contributed by atoms with E-state index in [0.29, 0.717) is 32.8 Å². The van der Waals surface area contributed by atoms with E-state index in [1.807, 2.05) is 30.3 Å². The van der Waals surface area contributed by atoms with Crippen molar-refractivity contribution in [2.24, 2.45) is 0 Å². The van der Waals surface area contributed by atoms with E-state index < -0.39 is 0 Å². The summed E-state index contributed by atoms with van der Waals surface area (Å²) < 4.78 is 10.5. The standard InChI is InChI=1S/C20H23N3O5/c1-2-27-20(26)23-10-8-22(9-11-23)19(25)16-12-17(24)18(13-21-16)28-14-15-6-4-3-5-7-15/h3-7,12-13H,2,8-11,14H2,1H3,(H,21,24). The van der Waals surface area contributed by atoms with Gasteiger partial charge in [0.15, 0.2) is 5.75 Å². The summed E-state index contributed by atoms with van der Waals surface area (Å²) in [7, 11) is 0. The average Bonchev–Trinajstić information content (AvgIpc) is 2.73. The minimum absolute atomic E-state index is 0.160. The number of nitrogens with zero attached hydrogens (tertiary/aromatic N) is 2. The van der Waals surface area contributed by atoms with Gasteiger partial charge in [0.2, 0.25) is 5.43 Å². The predicted molar refractivity (Wildman–Crippen MR) is 102 cm³/mol. The van der Waals surface area contributed by atoms with Crippen LogP contribution in [0.3, 0.4) is 0 Å². The van der Waals surface area contributed by atoms with Crippen molar-refractivity contribution in [1.82, 2.24) is 14.8 Å². The highest BCUT2D eigenvalue weighted by molar-refractivity contribution is 5.92. The summed E-state index contributed by atoms with van der Waals surface area (Å²) in [6.45, 7) is 3.89. The SMILES string of the molecule is CCOC(=O)N1CCN(C(=O)c2cc(=O)c(OCc3ccccc3)c[nH]2)CC1. The smallest absolute Gasteiger partial charge is 0.409 e. The number of hydrogen-bond acceptors (Lipinski definition) is 5. The molecule has 2 amide bonds. The number of amides is 2. The molecule has 8 nitrogen and oxygen atoms in total. The van der Waals surface area contributed by atoms with Crippen LogP contribution >= 0.6 is 0 Å². The molecule has 0 atom stereocenters. The Morgan fingerprint density at radius 1 is 1.07 bits per heavy atom. The van der Waals surface area contributed by atoms with Crippen molar-refractivity contribution in [3.05, 3.63) is 64.1 Å². The van der Waals surface area contributed by atoms with Gasteiger partial charge in [-0.2, -0.15) is 0 Å². The predicted octanol–water partition coefficient (Wildman–Crippen LogP) is 1.87. The average molecular weight is 385 g/mol. The molecule has 2 aromatic rings. The summed E-state index contributed by atoms with van der Waals surface area (Å²) >= 11 is 0. The Morgan fingerprint density at radius 3 is 2.39 bits per heavy atom. The highest BCUT2D eigenvalue weighted by atomic mass is 16.6.